The quantitative estimate of drug-likeness (QED) is 0.793. The summed E-state index contributed by atoms with van der Waals surface area (Å²) in [5.41, 5.74) is 6.17. The van der Waals surface area contributed by atoms with Crippen molar-refractivity contribution in [3.8, 4) is 6.07 Å². The maximum absolute atomic E-state index is 11.2. The molecule has 0 aliphatic rings. The van der Waals surface area contributed by atoms with Gasteiger partial charge in [-0.2, -0.15) is 5.26 Å². The Morgan fingerprint density at radius 2 is 1.94 bits per heavy atom. The van der Waals surface area contributed by atoms with E-state index in [9.17, 15) is 9.59 Å². The first-order valence-electron chi connectivity index (χ1n) is 5.24. The van der Waals surface area contributed by atoms with Crippen LogP contribution in [0.1, 0.15) is 18.1 Å². The number of carbonyl (C=O) groups is 2. The molecular weight excluding hydrogens is 250 g/mol. The van der Waals surface area contributed by atoms with E-state index in [1.54, 1.807) is 12.1 Å². The predicted molar refractivity (Wildman–Crippen MR) is 69.3 cm³/mol. The van der Waals surface area contributed by atoms with Crippen LogP contribution in [0.4, 0.5) is 0 Å². The first kappa shape index (κ1) is 14.1. The second-order valence-corrected chi connectivity index (χ2v) is 4.52. The molecule has 0 unspecified atom stereocenters. The zero-order chi connectivity index (χ0) is 13.4. The van der Waals surface area contributed by atoms with Gasteiger partial charge < -0.3 is 0 Å². The Morgan fingerprint density at radius 3 is 2.50 bits per heavy atom. The van der Waals surface area contributed by atoms with Crippen molar-refractivity contribution >= 4 is 23.6 Å². The SMILES string of the molecule is CC(=O)NNC(=O)CSCc1ccc(C#N)cc1. The van der Waals surface area contributed by atoms with Gasteiger partial charge in [0.05, 0.1) is 17.4 Å². The van der Waals surface area contributed by atoms with Crippen LogP contribution in [0.25, 0.3) is 0 Å². The fraction of sp³-hybridized carbons (Fsp3) is 0.250. The highest BCUT2D eigenvalue weighted by Gasteiger charge is 2.02. The van der Waals surface area contributed by atoms with Gasteiger partial charge in [0.1, 0.15) is 0 Å². The van der Waals surface area contributed by atoms with Gasteiger partial charge in [-0.15, -0.1) is 11.8 Å². The van der Waals surface area contributed by atoms with Crippen molar-refractivity contribution in [3.63, 3.8) is 0 Å². The van der Waals surface area contributed by atoms with Crippen molar-refractivity contribution in [1.29, 1.82) is 5.26 Å². The van der Waals surface area contributed by atoms with Gasteiger partial charge in [-0.1, -0.05) is 12.1 Å². The van der Waals surface area contributed by atoms with Crippen molar-refractivity contribution in [3.05, 3.63) is 35.4 Å². The smallest absolute Gasteiger partial charge is 0.248 e. The summed E-state index contributed by atoms with van der Waals surface area (Å²) in [6, 6.07) is 9.25. The molecule has 2 amide bonds. The van der Waals surface area contributed by atoms with Crippen molar-refractivity contribution in [2.24, 2.45) is 0 Å². The molecule has 0 heterocycles. The molecular formula is C12H13N3O2S. The van der Waals surface area contributed by atoms with Gasteiger partial charge in [-0.25, -0.2) is 0 Å². The van der Waals surface area contributed by atoms with Crippen LogP contribution in [0.5, 0.6) is 0 Å². The number of hydrazine groups is 1. The Kier molecular flexibility index (Phi) is 5.74. The standard InChI is InChI=1S/C12H13N3O2S/c1-9(16)14-15-12(17)8-18-7-11-4-2-10(6-13)3-5-11/h2-5H,7-8H2,1H3,(H,14,16)(H,15,17). The summed E-state index contributed by atoms with van der Waals surface area (Å²) in [6.45, 7) is 1.32. The molecule has 0 radical (unpaired) electrons. The summed E-state index contributed by atoms with van der Waals surface area (Å²) in [6.07, 6.45) is 0. The van der Waals surface area contributed by atoms with Crippen LogP contribution in [0.3, 0.4) is 0 Å². The van der Waals surface area contributed by atoms with E-state index < -0.39 is 0 Å². The van der Waals surface area contributed by atoms with E-state index in [-0.39, 0.29) is 17.6 Å². The summed E-state index contributed by atoms with van der Waals surface area (Å²) >= 11 is 1.43. The topological polar surface area (TPSA) is 82.0 Å². The number of benzene rings is 1. The Balaban J connectivity index is 2.26. The van der Waals surface area contributed by atoms with Crippen LogP contribution < -0.4 is 10.9 Å². The van der Waals surface area contributed by atoms with Crippen LogP contribution in [0.15, 0.2) is 24.3 Å². The lowest BCUT2D eigenvalue weighted by molar-refractivity contribution is -0.126. The van der Waals surface area contributed by atoms with E-state index in [0.717, 1.165) is 5.56 Å². The Morgan fingerprint density at radius 1 is 1.28 bits per heavy atom. The first-order valence-corrected chi connectivity index (χ1v) is 6.39. The monoisotopic (exact) mass is 263 g/mol. The lowest BCUT2D eigenvalue weighted by Gasteiger charge is -2.05. The van der Waals surface area contributed by atoms with Crippen LogP contribution >= 0.6 is 11.8 Å². The molecule has 1 aromatic carbocycles. The molecule has 0 aliphatic carbocycles. The molecule has 0 saturated carbocycles. The maximum Gasteiger partial charge on any atom is 0.248 e. The summed E-state index contributed by atoms with van der Waals surface area (Å²) < 4.78 is 0. The Hall–Kier alpha value is -2.00. The van der Waals surface area contributed by atoms with E-state index in [0.29, 0.717) is 11.3 Å². The second kappa shape index (κ2) is 7.35. The van der Waals surface area contributed by atoms with Gasteiger partial charge >= 0.3 is 0 Å². The lowest BCUT2D eigenvalue weighted by Crippen LogP contribution is -2.41. The molecule has 94 valence electrons. The highest BCUT2D eigenvalue weighted by Crippen LogP contribution is 2.12. The fourth-order valence-electron chi connectivity index (χ4n) is 1.13. The van der Waals surface area contributed by atoms with E-state index in [1.807, 2.05) is 18.2 Å². The van der Waals surface area contributed by atoms with Gasteiger partial charge in [0.15, 0.2) is 0 Å². The zero-order valence-electron chi connectivity index (χ0n) is 9.90. The highest BCUT2D eigenvalue weighted by molar-refractivity contribution is 7.99. The van der Waals surface area contributed by atoms with Gasteiger partial charge in [0, 0.05) is 12.7 Å². The van der Waals surface area contributed by atoms with Crippen molar-refractivity contribution in [2.75, 3.05) is 5.75 Å². The van der Waals surface area contributed by atoms with Gasteiger partial charge in [0.25, 0.3) is 0 Å². The Labute approximate surface area is 110 Å². The van der Waals surface area contributed by atoms with Crippen molar-refractivity contribution in [1.82, 2.24) is 10.9 Å². The molecule has 0 spiro atoms. The van der Waals surface area contributed by atoms with Crippen LogP contribution in [-0.2, 0) is 15.3 Å². The van der Waals surface area contributed by atoms with Crippen LogP contribution in [0.2, 0.25) is 0 Å². The molecule has 5 nitrogen and oxygen atoms in total. The Bertz CT molecular complexity index is 465. The van der Waals surface area contributed by atoms with Gasteiger partial charge in [0.2, 0.25) is 11.8 Å². The predicted octanol–water partition coefficient (Wildman–Crippen LogP) is 0.959. The third-order valence-electron chi connectivity index (χ3n) is 1.96. The second-order valence-electron chi connectivity index (χ2n) is 3.53. The van der Waals surface area contributed by atoms with E-state index in [4.69, 9.17) is 5.26 Å². The molecule has 0 saturated heterocycles. The third kappa shape index (κ3) is 5.37. The number of amides is 2. The number of hydrogen-bond donors (Lipinski definition) is 2. The van der Waals surface area contributed by atoms with Gasteiger partial charge in [-0.3, -0.25) is 20.4 Å². The number of nitrogens with one attached hydrogen (secondary N) is 2. The molecule has 6 heteroatoms. The molecule has 0 bridgehead atoms. The van der Waals surface area contributed by atoms with Crippen molar-refractivity contribution in [2.45, 2.75) is 12.7 Å². The molecule has 0 aliphatic heterocycles. The molecule has 1 rings (SSSR count). The highest BCUT2D eigenvalue weighted by atomic mass is 32.2. The van der Waals surface area contributed by atoms with E-state index >= 15 is 0 Å². The fourth-order valence-corrected chi connectivity index (χ4v) is 1.92. The maximum atomic E-state index is 11.2. The molecule has 0 fully saturated rings. The number of carbonyl (C=O) groups excluding carboxylic acids is 2. The number of hydrogen-bond acceptors (Lipinski definition) is 4. The summed E-state index contributed by atoms with van der Waals surface area (Å²) in [5.74, 6) is 0.392. The summed E-state index contributed by atoms with van der Waals surface area (Å²) in [7, 11) is 0. The summed E-state index contributed by atoms with van der Waals surface area (Å²) in [4.78, 5) is 21.8. The minimum Gasteiger partial charge on any atom is -0.274 e. The minimum absolute atomic E-state index is 0.246. The largest absolute Gasteiger partial charge is 0.274 e. The minimum atomic E-state index is -0.305. The zero-order valence-corrected chi connectivity index (χ0v) is 10.7. The molecule has 1 aromatic rings. The molecule has 2 N–H and O–H groups in total. The van der Waals surface area contributed by atoms with Gasteiger partial charge in [-0.05, 0) is 17.7 Å². The number of nitrogens with zero attached hydrogens (tertiary/aromatic N) is 1. The number of nitriles is 1. The summed E-state index contributed by atoms with van der Waals surface area (Å²) in [5, 5.41) is 8.64. The normalized spacial score (nSPS) is 9.33. The average molecular weight is 263 g/mol. The van der Waals surface area contributed by atoms with Crippen molar-refractivity contribution < 1.29 is 9.59 Å². The first-order chi connectivity index (χ1) is 8.61. The molecule has 0 aromatic heterocycles. The number of rotatable bonds is 4. The molecule has 0 atom stereocenters. The average Bonchev–Trinajstić information content (AvgIpc) is 2.37. The van der Waals surface area contributed by atoms with Crippen LogP contribution in [-0.4, -0.2) is 17.6 Å². The molecule has 18 heavy (non-hydrogen) atoms. The van der Waals surface area contributed by atoms with E-state index in [2.05, 4.69) is 10.9 Å². The third-order valence-corrected chi connectivity index (χ3v) is 2.97. The van der Waals surface area contributed by atoms with Crippen LogP contribution in [0, 0.1) is 11.3 Å². The van der Waals surface area contributed by atoms with E-state index in [1.165, 1.54) is 18.7 Å². The lowest BCUT2D eigenvalue weighted by atomic mass is 10.2. The number of thioether (sulfide) groups is 1.